The van der Waals surface area contributed by atoms with Crippen LogP contribution in [0.4, 0.5) is 52.7 Å². The van der Waals surface area contributed by atoms with E-state index in [-0.39, 0.29) is 12.1 Å². The number of hydrogen-bond acceptors (Lipinski definition) is 3. The zero-order valence-corrected chi connectivity index (χ0v) is 20.0. The SMILES string of the molecule is Cc1cc2c(cc1F)[Te](OS(=O)(=O)C(F)(F)F)(C(F)(F)C(F)(F)C(F)(F)F)c1cc(F)c(C)cc1-2. The van der Waals surface area contributed by atoms with E-state index in [1.165, 1.54) is 0 Å². The number of rotatable bonds is 4. The molecule has 0 N–H and O–H groups in total. The Morgan fingerprint density at radius 2 is 1.09 bits per heavy atom. The molecule has 0 aliphatic carbocycles. The molecule has 17 heteroatoms. The number of benzene rings is 2. The predicted molar refractivity (Wildman–Crippen MR) is 98.3 cm³/mol. The van der Waals surface area contributed by atoms with Crippen molar-refractivity contribution in [2.24, 2.45) is 0 Å². The van der Waals surface area contributed by atoms with Gasteiger partial charge < -0.3 is 0 Å². The van der Waals surface area contributed by atoms with Gasteiger partial charge >= 0.3 is 193 Å². The molecule has 0 spiro atoms. The standard InChI is InChI=1S/C18H10F12O3STe/c1-7-3-9-10-4-8(2)12(20)6-14(10)35(13(9)5-11(7)19,33-34(31,32)18(28,29)30)17(26,27)15(21,22)16(23,24)25/h3-6H,1-2H3. The Labute approximate surface area is 193 Å². The summed E-state index contributed by atoms with van der Waals surface area (Å²) in [7, 11) is -7.30. The summed E-state index contributed by atoms with van der Waals surface area (Å²) < 4.78 is 184. The Kier molecular flexibility index (Phi) is 6.29. The first kappa shape index (κ1) is 27.9. The van der Waals surface area contributed by atoms with Crippen molar-refractivity contribution in [1.29, 1.82) is 0 Å². The number of halogens is 12. The zero-order valence-electron chi connectivity index (χ0n) is 16.9. The summed E-state index contributed by atoms with van der Waals surface area (Å²) >= 11 is -8.20. The molecule has 35 heavy (non-hydrogen) atoms. The van der Waals surface area contributed by atoms with Crippen molar-refractivity contribution in [3.05, 3.63) is 47.0 Å². The van der Waals surface area contributed by atoms with Gasteiger partial charge in [0.15, 0.2) is 0 Å². The molecule has 2 aromatic carbocycles. The van der Waals surface area contributed by atoms with Crippen molar-refractivity contribution < 1.29 is 63.7 Å². The molecule has 196 valence electrons. The van der Waals surface area contributed by atoms with Crippen LogP contribution in [0.3, 0.4) is 0 Å². The van der Waals surface area contributed by atoms with E-state index < -0.39 is 91.4 Å². The summed E-state index contributed by atoms with van der Waals surface area (Å²) in [5, 5.41) is 0. The summed E-state index contributed by atoms with van der Waals surface area (Å²) in [6.07, 6.45) is -7.13. The summed E-state index contributed by atoms with van der Waals surface area (Å²) in [6, 6.07) is 1.09. The molecule has 0 bridgehead atoms. The predicted octanol–water partition coefficient (Wildman–Crippen LogP) is 4.86. The van der Waals surface area contributed by atoms with Crippen molar-refractivity contribution in [3.63, 3.8) is 0 Å². The minimum absolute atomic E-state index is 0.0781. The zero-order chi connectivity index (χ0) is 27.2. The van der Waals surface area contributed by atoms with E-state index in [0.717, 1.165) is 13.8 Å². The van der Waals surface area contributed by atoms with Gasteiger partial charge in [-0.1, -0.05) is 0 Å². The van der Waals surface area contributed by atoms with Crippen molar-refractivity contribution in [2.45, 2.75) is 35.4 Å². The summed E-state index contributed by atoms with van der Waals surface area (Å²) in [4.78, 5) is 0. The van der Waals surface area contributed by atoms with Gasteiger partial charge in [0.05, 0.1) is 0 Å². The van der Waals surface area contributed by atoms with Crippen LogP contribution >= 0.6 is 0 Å². The third-order valence-corrected chi connectivity index (χ3v) is 17.5. The fraction of sp³-hybridized carbons (Fsp3) is 0.333. The van der Waals surface area contributed by atoms with Crippen LogP contribution in [0.15, 0.2) is 24.3 Å². The molecule has 0 atom stereocenters. The van der Waals surface area contributed by atoms with Crippen molar-refractivity contribution >= 4 is 35.9 Å². The maximum absolute atomic E-state index is 15.4. The van der Waals surface area contributed by atoms with E-state index in [2.05, 4.69) is 2.55 Å². The van der Waals surface area contributed by atoms with Crippen LogP contribution in [0.25, 0.3) is 11.1 Å². The minimum atomic E-state index is -8.20. The van der Waals surface area contributed by atoms with E-state index in [0.29, 0.717) is 12.1 Å². The summed E-state index contributed by atoms with van der Waals surface area (Å²) in [5.74, 6) is -10.3. The van der Waals surface area contributed by atoms with Gasteiger partial charge in [-0.2, -0.15) is 0 Å². The average Bonchev–Trinajstić information content (AvgIpc) is 2.90. The number of alkyl halides is 10. The van der Waals surface area contributed by atoms with Crippen LogP contribution in [-0.4, -0.2) is 48.6 Å². The Hall–Kier alpha value is -1.70. The molecule has 0 unspecified atom stereocenters. The second kappa shape index (κ2) is 7.90. The molecule has 0 saturated carbocycles. The van der Waals surface area contributed by atoms with Crippen LogP contribution in [0.1, 0.15) is 11.1 Å². The van der Waals surface area contributed by atoms with Gasteiger partial charge in [0.1, 0.15) is 0 Å². The van der Waals surface area contributed by atoms with Crippen molar-refractivity contribution in [2.75, 3.05) is 0 Å². The molecule has 1 aliphatic heterocycles. The van der Waals surface area contributed by atoms with E-state index in [1.807, 2.05) is 0 Å². The van der Waals surface area contributed by atoms with E-state index in [9.17, 15) is 52.3 Å². The molecule has 2 aromatic rings. The average molecular weight is 662 g/mol. The molecular weight excluding hydrogens is 652 g/mol. The fourth-order valence-corrected chi connectivity index (χ4v) is 16.7. The van der Waals surface area contributed by atoms with Crippen molar-refractivity contribution in [1.82, 2.24) is 0 Å². The fourth-order valence-electron chi connectivity index (χ4n) is 3.25. The van der Waals surface area contributed by atoms with Crippen LogP contribution in [-0.2, 0) is 12.7 Å². The third kappa shape index (κ3) is 3.80. The quantitative estimate of drug-likeness (QED) is 0.267. The van der Waals surface area contributed by atoms with Crippen LogP contribution < -0.4 is 7.22 Å². The van der Waals surface area contributed by atoms with Gasteiger partial charge in [-0.05, 0) is 0 Å². The number of hydrogen-bond donors (Lipinski definition) is 0. The van der Waals surface area contributed by atoms with Crippen LogP contribution in [0.5, 0.6) is 0 Å². The van der Waals surface area contributed by atoms with Crippen LogP contribution in [0, 0.1) is 25.5 Å². The van der Waals surface area contributed by atoms with E-state index >= 15 is 8.78 Å². The van der Waals surface area contributed by atoms with Gasteiger partial charge in [0.25, 0.3) is 0 Å². The summed E-state index contributed by atoms with van der Waals surface area (Å²) in [5.41, 5.74) is -8.98. The first-order valence-corrected chi connectivity index (χ1v) is 14.7. The molecule has 0 radical (unpaired) electrons. The molecule has 1 heterocycles. The molecule has 0 fully saturated rings. The molecule has 3 rings (SSSR count). The molecule has 0 amide bonds. The summed E-state index contributed by atoms with van der Waals surface area (Å²) in [6.45, 7) is 1.99. The molecule has 1 aliphatic rings. The molecule has 0 saturated heterocycles. The van der Waals surface area contributed by atoms with E-state index in [1.54, 1.807) is 0 Å². The van der Waals surface area contributed by atoms with Crippen LogP contribution in [0.2, 0.25) is 0 Å². The topological polar surface area (TPSA) is 43.4 Å². The first-order chi connectivity index (χ1) is 15.5. The second-order valence-electron chi connectivity index (χ2n) is 7.31. The Balaban J connectivity index is 2.63. The van der Waals surface area contributed by atoms with Gasteiger partial charge in [-0.25, -0.2) is 0 Å². The van der Waals surface area contributed by atoms with Crippen molar-refractivity contribution in [3.8, 4) is 11.1 Å². The van der Waals surface area contributed by atoms with Gasteiger partial charge in [0.2, 0.25) is 0 Å². The first-order valence-electron chi connectivity index (χ1n) is 8.81. The monoisotopic (exact) mass is 664 g/mol. The second-order valence-corrected chi connectivity index (χ2v) is 17.1. The molecular formula is C18H10F12O3STe. The molecule has 0 aromatic heterocycles. The molecule has 3 nitrogen and oxygen atoms in total. The number of aryl methyl sites for hydroxylation is 2. The van der Waals surface area contributed by atoms with Gasteiger partial charge in [0, 0.05) is 0 Å². The third-order valence-electron chi connectivity index (χ3n) is 4.99. The Morgan fingerprint density at radius 3 is 1.40 bits per heavy atom. The number of fused-ring (bicyclic) bond motifs is 3. The Bertz CT molecular complexity index is 1260. The van der Waals surface area contributed by atoms with E-state index in [4.69, 9.17) is 0 Å². The Morgan fingerprint density at radius 1 is 0.714 bits per heavy atom. The normalized spacial score (nSPS) is 17.2. The van der Waals surface area contributed by atoms with Gasteiger partial charge in [-0.3, -0.25) is 0 Å². The maximum atomic E-state index is 15.4. The van der Waals surface area contributed by atoms with Gasteiger partial charge in [-0.15, -0.1) is 0 Å².